The van der Waals surface area contributed by atoms with Gasteiger partial charge in [0.2, 0.25) is 0 Å². The molecule has 0 saturated heterocycles. The molecule has 0 heterocycles. The van der Waals surface area contributed by atoms with Crippen molar-refractivity contribution < 1.29 is 0 Å². The third-order valence-corrected chi connectivity index (χ3v) is 4.64. The molecule has 0 bridgehead atoms. The van der Waals surface area contributed by atoms with Gasteiger partial charge in [0.05, 0.1) is 0 Å². The zero-order valence-corrected chi connectivity index (χ0v) is 15.7. The second-order valence-electron chi connectivity index (χ2n) is 8.72. The third kappa shape index (κ3) is 3.24. The van der Waals surface area contributed by atoms with E-state index in [1.807, 2.05) is 0 Å². The fraction of sp³-hybridized carbons (Fsp3) is 0.333. The number of fused-ring (bicyclic) bond motifs is 1. The molecule has 0 heteroatoms. The highest BCUT2D eigenvalue weighted by molar-refractivity contribution is 5.87. The maximum atomic E-state index is 3.61. The van der Waals surface area contributed by atoms with E-state index in [1.165, 1.54) is 33.0 Å². The van der Waals surface area contributed by atoms with Crippen LogP contribution < -0.4 is 0 Å². The minimum Gasteiger partial charge on any atom is -0.0616 e. The van der Waals surface area contributed by atoms with Gasteiger partial charge in [-0.1, -0.05) is 96.1 Å². The van der Waals surface area contributed by atoms with Crippen molar-refractivity contribution >= 4 is 10.8 Å². The summed E-state index contributed by atoms with van der Waals surface area (Å²) in [5.41, 5.74) is 5.50. The topological polar surface area (TPSA) is 0 Å². The van der Waals surface area contributed by atoms with Crippen LogP contribution >= 0.6 is 0 Å². The molecule has 1 radical (unpaired) electrons. The van der Waals surface area contributed by atoms with Crippen LogP contribution in [-0.4, -0.2) is 0 Å². The Balaban J connectivity index is 2.22. The summed E-state index contributed by atoms with van der Waals surface area (Å²) in [6.07, 6.45) is 0. The van der Waals surface area contributed by atoms with Crippen molar-refractivity contribution in [3.63, 3.8) is 0 Å². The molecule has 3 aromatic rings. The van der Waals surface area contributed by atoms with Crippen LogP contribution in [0, 0.1) is 6.07 Å². The fourth-order valence-electron chi connectivity index (χ4n) is 3.14. The fourth-order valence-corrected chi connectivity index (χ4v) is 3.14. The summed E-state index contributed by atoms with van der Waals surface area (Å²) in [7, 11) is 0. The Morgan fingerprint density at radius 3 is 2.08 bits per heavy atom. The highest BCUT2D eigenvalue weighted by Gasteiger charge is 2.22. The van der Waals surface area contributed by atoms with Gasteiger partial charge >= 0.3 is 0 Å². The minimum atomic E-state index is 0.0933. The quantitative estimate of drug-likeness (QED) is 0.458. The SMILES string of the molecule is CC(C)(C)c1ccc(-c2[c]c3ccccc3cc2)c(C(C)(C)C)c1. The second-order valence-corrected chi connectivity index (χ2v) is 8.72. The number of hydrogen-bond donors (Lipinski definition) is 0. The van der Waals surface area contributed by atoms with Gasteiger partial charge in [-0.15, -0.1) is 0 Å². The van der Waals surface area contributed by atoms with E-state index in [9.17, 15) is 0 Å². The van der Waals surface area contributed by atoms with Gasteiger partial charge in [-0.3, -0.25) is 0 Å². The van der Waals surface area contributed by atoms with E-state index in [0.29, 0.717) is 0 Å². The molecule has 24 heavy (non-hydrogen) atoms. The van der Waals surface area contributed by atoms with Crippen LogP contribution in [0.4, 0.5) is 0 Å². The number of benzene rings is 3. The average Bonchev–Trinajstić information content (AvgIpc) is 2.52. The normalized spacial score (nSPS) is 12.6. The van der Waals surface area contributed by atoms with Crippen LogP contribution in [0.1, 0.15) is 52.7 Å². The molecule has 0 aliphatic carbocycles. The molecule has 0 aliphatic heterocycles. The Labute approximate surface area is 146 Å². The Kier molecular flexibility index (Phi) is 4.03. The molecule has 0 saturated carbocycles. The largest absolute Gasteiger partial charge is 0.0616 e. The van der Waals surface area contributed by atoms with E-state index in [2.05, 4.69) is 102 Å². The zero-order chi connectivity index (χ0) is 17.5. The van der Waals surface area contributed by atoms with Crippen molar-refractivity contribution in [1.82, 2.24) is 0 Å². The van der Waals surface area contributed by atoms with Crippen molar-refractivity contribution in [3.05, 3.63) is 71.8 Å². The lowest BCUT2D eigenvalue weighted by atomic mass is 9.77. The Bertz CT molecular complexity index is 870. The molecule has 123 valence electrons. The van der Waals surface area contributed by atoms with E-state index >= 15 is 0 Å². The molecule has 3 rings (SSSR count). The standard InChI is InChI=1S/C24H27/c1-23(2,3)20-13-14-21(22(16-20)24(4,5)6)19-12-11-17-9-7-8-10-18(17)15-19/h7-14,16H,1-6H3. The second kappa shape index (κ2) is 5.77. The first-order chi connectivity index (χ1) is 11.2. The summed E-state index contributed by atoms with van der Waals surface area (Å²) in [5.74, 6) is 0. The summed E-state index contributed by atoms with van der Waals surface area (Å²) in [5, 5.41) is 2.42. The first kappa shape index (κ1) is 16.8. The number of hydrogen-bond acceptors (Lipinski definition) is 0. The van der Waals surface area contributed by atoms with Gasteiger partial charge in [0.1, 0.15) is 0 Å². The summed E-state index contributed by atoms with van der Waals surface area (Å²) in [6, 6.07) is 23.4. The summed E-state index contributed by atoms with van der Waals surface area (Å²) < 4.78 is 0. The van der Waals surface area contributed by atoms with Crippen molar-refractivity contribution in [2.24, 2.45) is 0 Å². The predicted molar refractivity (Wildman–Crippen MR) is 106 cm³/mol. The summed E-state index contributed by atoms with van der Waals surface area (Å²) >= 11 is 0. The lowest BCUT2D eigenvalue weighted by molar-refractivity contribution is 0.570. The maximum absolute atomic E-state index is 3.61. The van der Waals surface area contributed by atoms with Crippen LogP contribution in [0.2, 0.25) is 0 Å². The molecule has 0 nitrogen and oxygen atoms in total. The van der Waals surface area contributed by atoms with Gasteiger partial charge in [-0.2, -0.15) is 0 Å². The van der Waals surface area contributed by atoms with E-state index in [-0.39, 0.29) is 10.8 Å². The van der Waals surface area contributed by atoms with Crippen LogP contribution in [0.3, 0.4) is 0 Å². The molecular formula is C24H27. The first-order valence-corrected chi connectivity index (χ1v) is 8.73. The predicted octanol–water partition coefficient (Wildman–Crippen LogP) is 6.90. The monoisotopic (exact) mass is 315 g/mol. The van der Waals surface area contributed by atoms with E-state index in [1.54, 1.807) is 0 Å². The van der Waals surface area contributed by atoms with E-state index in [4.69, 9.17) is 0 Å². The maximum Gasteiger partial charge on any atom is -0.00142 e. The molecule has 0 N–H and O–H groups in total. The van der Waals surface area contributed by atoms with Crippen LogP contribution in [0.25, 0.3) is 21.9 Å². The van der Waals surface area contributed by atoms with Crippen molar-refractivity contribution in [2.75, 3.05) is 0 Å². The lowest BCUT2D eigenvalue weighted by Gasteiger charge is -2.27. The van der Waals surface area contributed by atoms with Gasteiger partial charge in [0.15, 0.2) is 0 Å². The highest BCUT2D eigenvalue weighted by atomic mass is 14.3. The summed E-state index contributed by atoms with van der Waals surface area (Å²) in [4.78, 5) is 0. The summed E-state index contributed by atoms with van der Waals surface area (Å²) in [6.45, 7) is 13.7. The van der Waals surface area contributed by atoms with Gasteiger partial charge in [-0.05, 0) is 49.9 Å². The molecule has 0 aromatic heterocycles. The Morgan fingerprint density at radius 2 is 1.42 bits per heavy atom. The van der Waals surface area contributed by atoms with Crippen LogP contribution in [0.5, 0.6) is 0 Å². The molecule has 0 aliphatic rings. The zero-order valence-electron chi connectivity index (χ0n) is 15.7. The van der Waals surface area contributed by atoms with Crippen molar-refractivity contribution in [2.45, 2.75) is 52.4 Å². The van der Waals surface area contributed by atoms with Gasteiger partial charge in [-0.25, -0.2) is 0 Å². The molecule has 0 unspecified atom stereocenters. The van der Waals surface area contributed by atoms with Crippen LogP contribution in [-0.2, 0) is 10.8 Å². The van der Waals surface area contributed by atoms with Crippen LogP contribution in [0.15, 0.2) is 54.6 Å². The minimum absolute atomic E-state index is 0.0933. The first-order valence-electron chi connectivity index (χ1n) is 8.73. The smallest absolute Gasteiger partial charge is 0.00142 e. The molecule has 0 amide bonds. The van der Waals surface area contributed by atoms with Gasteiger partial charge < -0.3 is 0 Å². The molecule has 0 spiro atoms. The third-order valence-electron chi connectivity index (χ3n) is 4.64. The average molecular weight is 315 g/mol. The van der Waals surface area contributed by atoms with E-state index < -0.39 is 0 Å². The van der Waals surface area contributed by atoms with Gasteiger partial charge in [0.25, 0.3) is 0 Å². The molecular weight excluding hydrogens is 288 g/mol. The lowest BCUT2D eigenvalue weighted by Crippen LogP contribution is -2.17. The Morgan fingerprint density at radius 1 is 0.708 bits per heavy atom. The highest BCUT2D eigenvalue weighted by Crippen LogP contribution is 2.37. The Hall–Kier alpha value is -2.08. The molecule has 0 atom stereocenters. The number of rotatable bonds is 1. The van der Waals surface area contributed by atoms with Gasteiger partial charge in [0, 0.05) is 0 Å². The molecule has 3 aromatic carbocycles. The van der Waals surface area contributed by atoms with Crippen molar-refractivity contribution in [3.8, 4) is 11.1 Å². The van der Waals surface area contributed by atoms with E-state index in [0.717, 1.165) is 0 Å². The van der Waals surface area contributed by atoms with Crippen molar-refractivity contribution in [1.29, 1.82) is 0 Å². The molecule has 0 fully saturated rings.